The predicted molar refractivity (Wildman–Crippen MR) is 68.1 cm³/mol. The average molecular weight is 252 g/mol. The van der Waals surface area contributed by atoms with E-state index in [4.69, 9.17) is 0 Å². The predicted octanol–water partition coefficient (Wildman–Crippen LogP) is 3.72. The van der Waals surface area contributed by atoms with Crippen LogP contribution in [0.1, 0.15) is 33.1 Å². The van der Waals surface area contributed by atoms with E-state index in [-0.39, 0.29) is 17.1 Å². The maximum absolute atomic E-state index is 13.5. The molecule has 0 heterocycles. The number of nitro benzene ring substituents is 1. The van der Waals surface area contributed by atoms with Crippen LogP contribution in [-0.2, 0) is 0 Å². The van der Waals surface area contributed by atoms with Crippen LogP contribution in [0.25, 0.3) is 0 Å². The first-order chi connectivity index (χ1) is 8.42. The van der Waals surface area contributed by atoms with Gasteiger partial charge in [0, 0.05) is 6.04 Å². The number of para-hydroxylation sites is 1. The lowest BCUT2D eigenvalue weighted by atomic mass is 9.87. The SMILES string of the molecule is CC1(C)CCCC1Nc1cccc(F)c1[N+](=O)[O-]. The maximum Gasteiger partial charge on any atom is 0.327 e. The highest BCUT2D eigenvalue weighted by molar-refractivity contribution is 5.62. The molecule has 0 bridgehead atoms. The van der Waals surface area contributed by atoms with Crippen molar-refractivity contribution < 1.29 is 9.31 Å². The molecule has 0 amide bonds. The molecule has 1 aromatic rings. The van der Waals surface area contributed by atoms with Crippen LogP contribution in [0.2, 0.25) is 0 Å². The number of halogens is 1. The number of rotatable bonds is 3. The summed E-state index contributed by atoms with van der Waals surface area (Å²) in [6, 6.07) is 4.32. The van der Waals surface area contributed by atoms with Gasteiger partial charge < -0.3 is 5.32 Å². The third kappa shape index (κ3) is 2.30. The van der Waals surface area contributed by atoms with E-state index in [1.165, 1.54) is 6.07 Å². The summed E-state index contributed by atoms with van der Waals surface area (Å²) in [5, 5.41) is 14.0. The first-order valence-corrected chi connectivity index (χ1v) is 6.11. The maximum atomic E-state index is 13.5. The minimum Gasteiger partial charge on any atom is -0.376 e. The molecule has 98 valence electrons. The number of anilines is 1. The molecule has 2 rings (SSSR count). The zero-order valence-electron chi connectivity index (χ0n) is 10.6. The van der Waals surface area contributed by atoms with Crippen LogP contribution in [0.3, 0.4) is 0 Å². The Morgan fingerprint density at radius 3 is 2.78 bits per heavy atom. The molecular formula is C13H17FN2O2. The number of nitro groups is 1. The van der Waals surface area contributed by atoms with E-state index >= 15 is 0 Å². The van der Waals surface area contributed by atoms with E-state index in [0.29, 0.717) is 0 Å². The van der Waals surface area contributed by atoms with Crippen LogP contribution >= 0.6 is 0 Å². The molecule has 18 heavy (non-hydrogen) atoms. The van der Waals surface area contributed by atoms with Crippen LogP contribution in [-0.4, -0.2) is 11.0 Å². The molecule has 4 nitrogen and oxygen atoms in total. The smallest absolute Gasteiger partial charge is 0.327 e. The van der Waals surface area contributed by atoms with Crippen molar-refractivity contribution in [1.29, 1.82) is 0 Å². The van der Waals surface area contributed by atoms with Crippen LogP contribution in [0.5, 0.6) is 0 Å². The standard InChI is InChI=1S/C13H17FN2O2/c1-13(2)8-4-7-11(13)15-10-6-3-5-9(14)12(10)16(17)18/h3,5-6,11,15H,4,7-8H2,1-2H3. The van der Waals surface area contributed by atoms with E-state index in [2.05, 4.69) is 19.2 Å². The first kappa shape index (κ1) is 12.8. The monoisotopic (exact) mass is 252 g/mol. The van der Waals surface area contributed by atoms with Crippen molar-refractivity contribution in [1.82, 2.24) is 0 Å². The summed E-state index contributed by atoms with van der Waals surface area (Å²) in [6.07, 6.45) is 3.13. The lowest BCUT2D eigenvalue weighted by molar-refractivity contribution is -0.386. The molecule has 1 N–H and O–H groups in total. The topological polar surface area (TPSA) is 55.2 Å². The van der Waals surface area contributed by atoms with Gasteiger partial charge in [-0.05, 0) is 30.4 Å². The van der Waals surface area contributed by atoms with Gasteiger partial charge in [0.2, 0.25) is 5.82 Å². The summed E-state index contributed by atoms with van der Waals surface area (Å²) in [5.41, 5.74) is -0.0969. The lowest BCUT2D eigenvalue weighted by Gasteiger charge is -2.28. The third-order valence-corrected chi connectivity index (χ3v) is 3.76. The highest BCUT2D eigenvalue weighted by Crippen LogP contribution is 2.40. The van der Waals surface area contributed by atoms with Crippen molar-refractivity contribution in [2.45, 2.75) is 39.2 Å². The van der Waals surface area contributed by atoms with Gasteiger partial charge in [-0.15, -0.1) is 0 Å². The molecule has 0 aliphatic heterocycles. The summed E-state index contributed by atoms with van der Waals surface area (Å²) >= 11 is 0. The Bertz CT molecular complexity index is 474. The van der Waals surface area contributed by atoms with Crippen molar-refractivity contribution in [2.24, 2.45) is 5.41 Å². The average Bonchev–Trinajstić information content (AvgIpc) is 2.58. The van der Waals surface area contributed by atoms with Crippen molar-refractivity contribution in [3.8, 4) is 0 Å². The highest BCUT2D eigenvalue weighted by Gasteiger charge is 2.35. The zero-order chi connectivity index (χ0) is 13.3. The summed E-state index contributed by atoms with van der Waals surface area (Å²) < 4.78 is 13.5. The summed E-state index contributed by atoms with van der Waals surface area (Å²) in [5.74, 6) is -0.791. The van der Waals surface area contributed by atoms with Gasteiger partial charge in [-0.3, -0.25) is 10.1 Å². The van der Waals surface area contributed by atoms with Crippen LogP contribution in [0.15, 0.2) is 18.2 Å². The Labute approximate surface area is 105 Å². The van der Waals surface area contributed by atoms with E-state index in [9.17, 15) is 14.5 Å². The Hall–Kier alpha value is -1.65. The molecule has 1 atom stereocenters. The van der Waals surface area contributed by atoms with Crippen molar-refractivity contribution in [2.75, 3.05) is 5.32 Å². The van der Waals surface area contributed by atoms with Gasteiger partial charge in [-0.2, -0.15) is 4.39 Å². The van der Waals surface area contributed by atoms with Crippen molar-refractivity contribution in [3.05, 3.63) is 34.1 Å². The van der Waals surface area contributed by atoms with Crippen LogP contribution in [0, 0.1) is 21.3 Å². The molecule has 1 aliphatic rings. The second-order valence-corrected chi connectivity index (χ2v) is 5.47. The molecular weight excluding hydrogens is 235 g/mol. The van der Waals surface area contributed by atoms with Gasteiger partial charge in [0.25, 0.3) is 0 Å². The third-order valence-electron chi connectivity index (χ3n) is 3.76. The quantitative estimate of drug-likeness (QED) is 0.658. The van der Waals surface area contributed by atoms with Crippen LogP contribution in [0.4, 0.5) is 15.8 Å². The number of nitrogens with one attached hydrogen (secondary N) is 1. The largest absolute Gasteiger partial charge is 0.376 e. The molecule has 0 aromatic heterocycles. The summed E-state index contributed by atoms with van der Waals surface area (Å²) in [7, 11) is 0. The number of hydrogen-bond acceptors (Lipinski definition) is 3. The Morgan fingerprint density at radius 1 is 1.50 bits per heavy atom. The minimum atomic E-state index is -0.791. The fourth-order valence-corrected chi connectivity index (χ4v) is 2.60. The summed E-state index contributed by atoms with van der Waals surface area (Å²) in [4.78, 5) is 10.2. The van der Waals surface area contributed by atoms with E-state index in [1.54, 1.807) is 6.07 Å². The number of benzene rings is 1. The highest BCUT2D eigenvalue weighted by atomic mass is 19.1. The van der Waals surface area contributed by atoms with Gasteiger partial charge in [0.15, 0.2) is 0 Å². The number of hydrogen-bond donors (Lipinski definition) is 1. The van der Waals surface area contributed by atoms with Gasteiger partial charge >= 0.3 is 5.69 Å². The van der Waals surface area contributed by atoms with E-state index in [1.807, 2.05) is 0 Å². The Balaban J connectivity index is 2.29. The Morgan fingerprint density at radius 2 is 2.22 bits per heavy atom. The Kier molecular flexibility index (Phi) is 3.24. The molecule has 1 aliphatic carbocycles. The van der Waals surface area contributed by atoms with Crippen molar-refractivity contribution >= 4 is 11.4 Å². The van der Waals surface area contributed by atoms with E-state index < -0.39 is 16.4 Å². The molecule has 0 spiro atoms. The molecule has 0 radical (unpaired) electrons. The molecule has 1 unspecified atom stereocenters. The molecule has 1 saturated carbocycles. The van der Waals surface area contributed by atoms with Gasteiger partial charge in [0.1, 0.15) is 5.69 Å². The lowest BCUT2D eigenvalue weighted by Crippen LogP contribution is -2.31. The second-order valence-electron chi connectivity index (χ2n) is 5.47. The van der Waals surface area contributed by atoms with E-state index in [0.717, 1.165) is 25.3 Å². The second kappa shape index (κ2) is 4.55. The first-order valence-electron chi connectivity index (χ1n) is 6.11. The zero-order valence-corrected chi connectivity index (χ0v) is 10.6. The molecule has 0 saturated heterocycles. The van der Waals surface area contributed by atoms with Gasteiger partial charge in [-0.25, -0.2) is 0 Å². The van der Waals surface area contributed by atoms with Gasteiger partial charge in [-0.1, -0.05) is 26.3 Å². The molecule has 5 heteroatoms. The summed E-state index contributed by atoms with van der Waals surface area (Å²) in [6.45, 7) is 4.26. The fourth-order valence-electron chi connectivity index (χ4n) is 2.60. The number of nitrogens with zero attached hydrogens (tertiary/aromatic N) is 1. The fraction of sp³-hybridized carbons (Fsp3) is 0.538. The van der Waals surface area contributed by atoms with Gasteiger partial charge in [0.05, 0.1) is 4.92 Å². The normalized spacial score (nSPS) is 21.8. The van der Waals surface area contributed by atoms with Crippen LogP contribution < -0.4 is 5.32 Å². The molecule has 1 aromatic carbocycles. The van der Waals surface area contributed by atoms with Crippen molar-refractivity contribution in [3.63, 3.8) is 0 Å². The minimum absolute atomic E-state index is 0.0835. The molecule has 1 fully saturated rings.